The van der Waals surface area contributed by atoms with E-state index in [0.717, 1.165) is 24.0 Å². The second-order valence-corrected chi connectivity index (χ2v) is 6.40. The molecular formula is C20H20CuO4. The average molecular weight is 388 g/mol. The monoisotopic (exact) mass is 387 g/mol. The number of carboxylic acids is 2. The maximum Gasteiger partial charge on any atom is 0.307 e. The third kappa shape index (κ3) is 4.94. The molecule has 0 heterocycles. The number of carbonyl (C=O) groups is 2. The maximum absolute atomic E-state index is 10.5. The smallest absolute Gasteiger partial charge is 0.307 e. The molecular weight excluding hydrogens is 368 g/mol. The summed E-state index contributed by atoms with van der Waals surface area (Å²) < 4.78 is 0. The molecule has 0 bridgehead atoms. The molecule has 0 unspecified atom stereocenters. The van der Waals surface area contributed by atoms with Crippen LogP contribution in [0, 0.1) is 11.8 Å². The Bertz CT molecular complexity index is 653. The summed E-state index contributed by atoms with van der Waals surface area (Å²) in [6.45, 7) is 0. The average Bonchev–Trinajstić information content (AvgIpc) is 3.49. The van der Waals surface area contributed by atoms with Gasteiger partial charge in [0.2, 0.25) is 0 Å². The molecule has 2 saturated carbocycles. The van der Waals surface area contributed by atoms with Gasteiger partial charge in [0.05, 0.1) is 11.8 Å². The van der Waals surface area contributed by atoms with E-state index in [2.05, 4.69) is 0 Å². The van der Waals surface area contributed by atoms with Crippen molar-refractivity contribution in [3.05, 3.63) is 71.8 Å². The minimum Gasteiger partial charge on any atom is -0.481 e. The quantitative estimate of drug-likeness (QED) is 0.783. The SMILES string of the molecule is O=C(O)[C@@H]1C[C@@H]1c1ccccc1.O=C(O)[C@H]1C[C@H]1c1ccccc1.[Cu]. The van der Waals surface area contributed by atoms with Crippen LogP contribution in [0.25, 0.3) is 0 Å². The van der Waals surface area contributed by atoms with Crippen molar-refractivity contribution in [1.82, 2.24) is 0 Å². The van der Waals surface area contributed by atoms with Crippen molar-refractivity contribution >= 4 is 11.9 Å². The van der Waals surface area contributed by atoms with Gasteiger partial charge in [-0.3, -0.25) is 9.59 Å². The Balaban J connectivity index is 0.000000173. The van der Waals surface area contributed by atoms with Gasteiger partial charge in [-0.1, -0.05) is 60.7 Å². The summed E-state index contributed by atoms with van der Waals surface area (Å²) in [4.78, 5) is 21.1. The normalized spacial score (nSPS) is 25.6. The summed E-state index contributed by atoms with van der Waals surface area (Å²) in [5.74, 6) is -1.06. The fourth-order valence-electron chi connectivity index (χ4n) is 3.07. The first-order chi connectivity index (χ1) is 11.6. The Morgan fingerprint density at radius 3 is 1.24 bits per heavy atom. The van der Waals surface area contributed by atoms with Crippen molar-refractivity contribution in [2.45, 2.75) is 24.7 Å². The number of hydrogen-bond acceptors (Lipinski definition) is 2. The van der Waals surface area contributed by atoms with E-state index in [1.54, 1.807) is 0 Å². The molecule has 0 spiro atoms. The minimum atomic E-state index is -0.663. The van der Waals surface area contributed by atoms with Crippen molar-refractivity contribution in [2.75, 3.05) is 0 Å². The number of carboxylic acid groups (broad SMARTS) is 2. The standard InChI is InChI=1S/2C10H10O2.Cu/c2*11-10(12)9-6-8(9)7-4-2-1-3-5-7;/h2*1-5,8-9H,6H2,(H,11,12);/t2*8-,9-;/m10./s1. The third-order valence-corrected chi connectivity index (χ3v) is 4.67. The number of hydrogen-bond donors (Lipinski definition) is 2. The van der Waals surface area contributed by atoms with Crippen LogP contribution in [0.15, 0.2) is 60.7 Å². The van der Waals surface area contributed by atoms with Gasteiger partial charge >= 0.3 is 11.9 Å². The zero-order valence-electron chi connectivity index (χ0n) is 13.5. The Hall–Kier alpha value is -2.10. The van der Waals surface area contributed by atoms with Gasteiger partial charge in [-0.15, -0.1) is 0 Å². The van der Waals surface area contributed by atoms with Gasteiger partial charge in [0.1, 0.15) is 0 Å². The van der Waals surface area contributed by atoms with Crippen LogP contribution in [0.5, 0.6) is 0 Å². The molecule has 4 atom stereocenters. The molecule has 135 valence electrons. The molecule has 25 heavy (non-hydrogen) atoms. The largest absolute Gasteiger partial charge is 0.481 e. The molecule has 1 radical (unpaired) electrons. The molecule has 0 amide bonds. The topological polar surface area (TPSA) is 74.6 Å². The van der Waals surface area contributed by atoms with Gasteiger partial charge in [0, 0.05) is 17.1 Å². The predicted molar refractivity (Wildman–Crippen MR) is 89.9 cm³/mol. The van der Waals surface area contributed by atoms with Gasteiger partial charge in [-0.2, -0.15) is 0 Å². The number of rotatable bonds is 4. The van der Waals surface area contributed by atoms with E-state index in [0.29, 0.717) is 0 Å². The zero-order chi connectivity index (χ0) is 17.1. The first-order valence-corrected chi connectivity index (χ1v) is 8.13. The molecule has 0 aliphatic heterocycles. The summed E-state index contributed by atoms with van der Waals surface area (Å²) in [6.07, 6.45) is 1.61. The second-order valence-electron chi connectivity index (χ2n) is 6.40. The molecule has 4 nitrogen and oxygen atoms in total. The maximum atomic E-state index is 10.5. The summed E-state index contributed by atoms with van der Waals surface area (Å²) in [6, 6.07) is 19.7. The van der Waals surface area contributed by atoms with Crippen LogP contribution < -0.4 is 0 Å². The molecule has 0 saturated heterocycles. The Morgan fingerprint density at radius 2 is 1.00 bits per heavy atom. The van der Waals surface area contributed by atoms with Crippen LogP contribution in [0.1, 0.15) is 35.8 Å². The third-order valence-electron chi connectivity index (χ3n) is 4.67. The number of benzene rings is 2. The summed E-state index contributed by atoms with van der Waals surface area (Å²) in [5.41, 5.74) is 2.31. The van der Waals surface area contributed by atoms with E-state index in [1.807, 2.05) is 60.7 Å². The van der Waals surface area contributed by atoms with E-state index in [4.69, 9.17) is 10.2 Å². The van der Waals surface area contributed by atoms with Crippen LogP contribution in [-0.2, 0) is 26.7 Å². The Morgan fingerprint density at radius 1 is 0.680 bits per heavy atom. The molecule has 2 aliphatic rings. The van der Waals surface area contributed by atoms with Gasteiger partial charge < -0.3 is 10.2 Å². The van der Waals surface area contributed by atoms with E-state index in [-0.39, 0.29) is 40.7 Å². The summed E-state index contributed by atoms with van der Waals surface area (Å²) >= 11 is 0. The predicted octanol–water partition coefficient (Wildman–Crippen LogP) is 3.75. The molecule has 2 aromatic rings. The molecule has 2 fully saturated rings. The van der Waals surface area contributed by atoms with E-state index < -0.39 is 11.9 Å². The van der Waals surface area contributed by atoms with Crippen LogP contribution >= 0.6 is 0 Å². The molecule has 2 N–H and O–H groups in total. The van der Waals surface area contributed by atoms with Crippen molar-refractivity contribution < 1.29 is 36.9 Å². The number of aliphatic carboxylic acids is 2. The Labute approximate surface area is 157 Å². The van der Waals surface area contributed by atoms with Gasteiger partial charge in [0.15, 0.2) is 0 Å². The van der Waals surface area contributed by atoms with Gasteiger partial charge in [-0.25, -0.2) is 0 Å². The summed E-state index contributed by atoms with van der Waals surface area (Å²) in [5, 5.41) is 17.4. The van der Waals surface area contributed by atoms with Crippen molar-refractivity contribution in [1.29, 1.82) is 0 Å². The minimum absolute atomic E-state index is 0. The fraction of sp³-hybridized carbons (Fsp3) is 0.300. The van der Waals surface area contributed by atoms with Crippen molar-refractivity contribution in [3.8, 4) is 0 Å². The molecule has 5 heteroatoms. The molecule has 4 rings (SSSR count). The zero-order valence-corrected chi connectivity index (χ0v) is 14.5. The van der Waals surface area contributed by atoms with E-state index in [9.17, 15) is 9.59 Å². The second kappa shape index (κ2) is 8.32. The molecule has 2 aliphatic carbocycles. The molecule has 0 aromatic heterocycles. The van der Waals surface area contributed by atoms with Crippen molar-refractivity contribution in [3.63, 3.8) is 0 Å². The molecule has 2 aromatic carbocycles. The fourth-order valence-corrected chi connectivity index (χ4v) is 3.07. The van der Waals surface area contributed by atoms with Gasteiger partial charge in [0.25, 0.3) is 0 Å². The first-order valence-electron chi connectivity index (χ1n) is 8.13. The van der Waals surface area contributed by atoms with Gasteiger partial charge in [-0.05, 0) is 35.8 Å². The van der Waals surface area contributed by atoms with Crippen LogP contribution in [0.3, 0.4) is 0 Å². The first kappa shape index (κ1) is 19.2. The van der Waals surface area contributed by atoms with Crippen molar-refractivity contribution in [2.24, 2.45) is 11.8 Å². The summed E-state index contributed by atoms with van der Waals surface area (Å²) in [7, 11) is 0. The van der Waals surface area contributed by atoms with Crippen LogP contribution in [0.4, 0.5) is 0 Å². The van der Waals surface area contributed by atoms with Crippen LogP contribution in [0.2, 0.25) is 0 Å². The Kier molecular flexibility index (Phi) is 6.40. The van der Waals surface area contributed by atoms with Crippen LogP contribution in [-0.4, -0.2) is 22.2 Å². The van der Waals surface area contributed by atoms with E-state index >= 15 is 0 Å². The van der Waals surface area contributed by atoms with E-state index in [1.165, 1.54) is 0 Å².